The summed E-state index contributed by atoms with van der Waals surface area (Å²) in [5.74, 6) is 0.606. The van der Waals surface area contributed by atoms with Gasteiger partial charge in [0.2, 0.25) is 0 Å². The van der Waals surface area contributed by atoms with Crippen LogP contribution in [0.15, 0.2) is 24.3 Å². The number of primary amides is 1. The minimum absolute atomic E-state index is 0.299. The van der Waals surface area contributed by atoms with E-state index < -0.39 is 0 Å². The Labute approximate surface area is 120 Å². The fourth-order valence-electron chi connectivity index (χ4n) is 2.58. The van der Waals surface area contributed by atoms with Crippen LogP contribution in [-0.4, -0.2) is 37.1 Å². The Hall–Kier alpha value is -1.75. The van der Waals surface area contributed by atoms with Crippen LogP contribution < -0.4 is 16.8 Å². The first-order chi connectivity index (χ1) is 9.69. The van der Waals surface area contributed by atoms with Crippen molar-refractivity contribution in [3.8, 4) is 0 Å². The molecule has 110 valence electrons. The van der Waals surface area contributed by atoms with Gasteiger partial charge in [0.05, 0.1) is 0 Å². The summed E-state index contributed by atoms with van der Waals surface area (Å²) in [5, 5.41) is 3.46. The number of nitrogens with zero attached hydrogens (tertiary/aromatic N) is 1. The zero-order valence-corrected chi connectivity index (χ0v) is 11.8. The van der Waals surface area contributed by atoms with Gasteiger partial charge in [0.15, 0.2) is 0 Å². The lowest BCUT2D eigenvalue weighted by Gasteiger charge is -2.31. The molecule has 1 aliphatic heterocycles. The van der Waals surface area contributed by atoms with Crippen molar-refractivity contribution in [2.75, 3.05) is 31.5 Å². The topological polar surface area (TPSA) is 84.4 Å². The average Bonchev–Trinajstić information content (AvgIpc) is 2.47. The molecule has 5 heteroatoms. The van der Waals surface area contributed by atoms with E-state index in [0.717, 1.165) is 44.6 Å². The van der Waals surface area contributed by atoms with Crippen LogP contribution in [0.1, 0.15) is 18.4 Å². The number of hydrogen-bond acceptors (Lipinski definition) is 3. The number of carbonyl (C=O) groups is 1. The molecule has 1 aromatic carbocycles. The van der Waals surface area contributed by atoms with E-state index >= 15 is 0 Å². The second-order valence-electron chi connectivity index (χ2n) is 5.39. The highest BCUT2D eigenvalue weighted by Gasteiger charge is 2.20. The van der Waals surface area contributed by atoms with Crippen molar-refractivity contribution < 1.29 is 4.79 Å². The number of amides is 2. The van der Waals surface area contributed by atoms with E-state index in [0.29, 0.717) is 12.5 Å². The van der Waals surface area contributed by atoms with E-state index in [1.807, 2.05) is 0 Å². The number of urea groups is 1. The zero-order valence-electron chi connectivity index (χ0n) is 11.8. The maximum atomic E-state index is 11.0. The molecule has 1 heterocycles. The van der Waals surface area contributed by atoms with E-state index in [1.165, 1.54) is 5.56 Å². The lowest BCUT2D eigenvalue weighted by molar-refractivity contribution is 0.181. The molecule has 1 aromatic rings. The van der Waals surface area contributed by atoms with E-state index in [1.54, 1.807) is 4.90 Å². The predicted octanol–water partition coefficient (Wildman–Crippen LogP) is 1.39. The normalized spacial score (nSPS) is 16.1. The van der Waals surface area contributed by atoms with Crippen molar-refractivity contribution in [2.45, 2.75) is 19.3 Å². The van der Waals surface area contributed by atoms with Crippen LogP contribution >= 0.6 is 0 Å². The molecule has 0 unspecified atom stereocenters. The molecule has 2 rings (SSSR count). The number of piperidine rings is 1. The number of rotatable bonds is 5. The minimum Gasteiger partial charge on any atom is -0.385 e. The fourth-order valence-corrected chi connectivity index (χ4v) is 2.58. The molecule has 1 aliphatic rings. The van der Waals surface area contributed by atoms with E-state index in [2.05, 4.69) is 29.6 Å². The fraction of sp³-hybridized carbons (Fsp3) is 0.533. The third kappa shape index (κ3) is 4.13. The summed E-state index contributed by atoms with van der Waals surface area (Å²) in [4.78, 5) is 12.8. The van der Waals surface area contributed by atoms with E-state index in [9.17, 15) is 4.79 Å². The van der Waals surface area contributed by atoms with Gasteiger partial charge in [-0.05, 0) is 49.4 Å². The van der Waals surface area contributed by atoms with Gasteiger partial charge in [-0.3, -0.25) is 0 Å². The van der Waals surface area contributed by atoms with Crippen molar-refractivity contribution in [2.24, 2.45) is 17.4 Å². The first kappa shape index (κ1) is 14.7. The summed E-state index contributed by atoms with van der Waals surface area (Å²) in [6.45, 7) is 3.18. The quantitative estimate of drug-likeness (QED) is 0.760. The molecule has 0 atom stereocenters. The molecule has 5 N–H and O–H groups in total. The van der Waals surface area contributed by atoms with Crippen LogP contribution in [0.2, 0.25) is 0 Å². The lowest BCUT2D eigenvalue weighted by atomic mass is 9.97. The number of nitrogens with two attached hydrogens (primary N) is 2. The SMILES string of the molecule is NCCc1ccc(NCC2CCN(C(N)=O)CC2)cc1. The van der Waals surface area contributed by atoms with Gasteiger partial charge in [0.1, 0.15) is 0 Å². The van der Waals surface area contributed by atoms with Crippen LogP contribution in [0.5, 0.6) is 0 Å². The van der Waals surface area contributed by atoms with Crippen molar-refractivity contribution >= 4 is 11.7 Å². The van der Waals surface area contributed by atoms with E-state index in [4.69, 9.17) is 11.5 Å². The van der Waals surface area contributed by atoms with Crippen LogP contribution in [0.4, 0.5) is 10.5 Å². The third-order valence-corrected chi connectivity index (χ3v) is 3.91. The van der Waals surface area contributed by atoms with Crippen molar-refractivity contribution in [3.05, 3.63) is 29.8 Å². The Balaban J connectivity index is 1.74. The van der Waals surface area contributed by atoms with Crippen molar-refractivity contribution in [1.82, 2.24) is 4.90 Å². The molecule has 0 spiro atoms. The third-order valence-electron chi connectivity index (χ3n) is 3.91. The first-order valence-corrected chi connectivity index (χ1v) is 7.26. The smallest absolute Gasteiger partial charge is 0.314 e. The number of carbonyl (C=O) groups excluding carboxylic acids is 1. The van der Waals surface area contributed by atoms with Gasteiger partial charge >= 0.3 is 6.03 Å². The molecule has 20 heavy (non-hydrogen) atoms. The molecule has 1 fully saturated rings. The maximum Gasteiger partial charge on any atom is 0.314 e. The Morgan fingerprint density at radius 2 is 1.90 bits per heavy atom. The molecule has 0 aliphatic carbocycles. The van der Waals surface area contributed by atoms with E-state index in [-0.39, 0.29) is 6.03 Å². The minimum atomic E-state index is -0.299. The summed E-state index contributed by atoms with van der Waals surface area (Å²) in [6, 6.07) is 8.13. The van der Waals surface area contributed by atoms with Gasteiger partial charge in [-0.1, -0.05) is 12.1 Å². The summed E-state index contributed by atoms with van der Waals surface area (Å²) < 4.78 is 0. The van der Waals surface area contributed by atoms with Gasteiger partial charge in [0.25, 0.3) is 0 Å². The molecule has 0 aromatic heterocycles. The maximum absolute atomic E-state index is 11.0. The molecule has 0 saturated carbocycles. The summed E-state index contributed by atoms with van der Waals surface area (Å²) in [5.41, 5.74) is 13.2. The molecule has 5 nitrogen and oxygen atoms in total. The summed E-state index contributed by atoms with van der Waals surface area (Å²) in [6.07, 6.45) is 2.95. The number of hydrogen-bond donors (Lipinski definition) is 3. The number of likely N-dealkylation sites (tertiary alicyclic amines) is 1. The molecular weight excluding hydrogens is 252 g/mol. The number of benzene rings is 1. The van der Waals surface area contributed by atoms with Gasteiger partial charge in [0, 0.05) is 25.3 Å². The van der Waals surface area contributed by atoms with Gasteiger partial charge in [-0.15, -0.1) is 0 Å². The molecule has 2 amide bonds. The van der Waals surface area contributed by atoms with Crippen LogP contribution in [0.3, 0.4) is 0 Å². The molecule has 1 saturated heterocycles. The van der Waals surface area contributed by atoms with Crippen LogP contribution in [-0.2, 0) is 6.42 Å². The Kier molecular flexibility index (Phi) is 5.24. The average molecular weight is 276 g/mol. The highest BCUT2D eigenvalue weighted by Crippen LogP contribution is 2.18. The predicted molar refractivity (Wildman–Crippen MR) is 81.6 cm³/mol. The Bertz CT molecular complexity index is 424. The second-order valence-corrected chi connectivity index (χ2v) is 5.39. The molecule has 0 bridgehead atoms. The highest BCUT2D eigenvalue weighted by molar-refractivity contribution is 5.72. The largest absolute Gasteiger partial charge is 0.385 e. The number of anilines is 1. The second kappa shape index (κ2) is 7.14. The Morgan fingerprint density at radius 1 is 1.25 bits per heavy atom. The monoisotopic (exact) mass is 276 g/mol. The van der Waals surface area contributed by atoms with Crippen molar-refractivity contribution in [1.29, 1.82) is 0 Å². The van der Waals surface area contributed by atoms with Gasteiger partial charge in [-0.25, -0.2) is 4.79 Å². The lowest BCUT2D eigenvalue weighted by Crippen LogP contribution is -2.42. The summed E-state index contributed by atoms with van der Waals surface area (Å²) >= 11 is 0. The van der Waals surface area contributed by atoms with Crippen molar-refractivity contribution in [3.63, 3.8) is 0 Å². The Morgan fingerprint density at radius 3 is 2.45 bits per heavy atom. The standard InChI is InChI=1S/C15H24N4O/c16-8-5-12-1-3-14(4-2-12)18-11-13-6-9-19(10-7-13)15(17)20/h1-4,13,18H,5-11,16H2,(H2,17,20). The van der Waals surface area contributed by atoms with Gasteiger partial charge < -0.3 is 21.7 Å². The van der Waals surface area contributed by atoms with Gasteiger partial charge in [-0.2, -0.15) is 0 Å². The first-order valence-electron chi connectivity index (χ1n) is 7.26. The zero-order chi connectivity index (χ0) is 14.4. The highest BCUT2D eigenvalue weighted by atomic mass is 16.2. The van der Waals surface area contributed by atoms with Crippen LogP contribution in [0.25, 0.3) is 0 Å². The molecule has 0 radical (unpaired) electrons. The van der Waals surface area contributed by atoms with Crippen LogP contribution in [0, 0.1) is 5.92 Å². The molecular formula is C15H24N4O. The summed E-state index contributed by atoms with van der Waals surface area (Å²) in [7, 11) is 0. The number of nitrogens with one attached hydrogen (secondary N) is 1.